The molecule has 32 heteroatoms. The molecule has 0 bridgehead atoms. The number of aryl methyl sites for hydroxylation is 14. The minimum atomic E-state index is -4.35. The largest absolute Gasteiger partial charge is 0.478 e. The monoisotopic (exact) mass is 1700 g/mol. The second-order valence-corrected chi connectivity index (χ2v) is 30.7. The molecule has 0 saturated heterocycles. The summed E-state index contributed by atoms with van der Waals surface area (Å²) in [7, 11) is 0. The van der Waals surface area contributed by atoms with Crippen LogP contribution in [0.1, 0.15) is 149 Å². The van der Waals surface area contributed by atoms with Crippen LogP contribution < -0.4 is 0 Å². The van der Waals surface area contributed by atoms with Gasteiger partial charge in [-0.3, -0.25) is 34.7 Å². The second kappa shape index (κ2) is 43.8. The van der Waals surface area contributed by atoms with Gasteiger partial charge in [0.05, 0.1) is 44.5 Å². The van der Waals surface area contributed by atoms with Crippen molar-refractivity contribution in [3.05, 3.63) is 356 Å². The van der Waals surface area contributed by atoms with E-state index in [-0.39, 0.29) is 22.8 Å². The number of aromatic amines is 1. The zero-order chi connectivity index (χ0) is 86.4. The molecule has 14 rings (SSSR count). The number of furan rings is 1. The lowest BCUT2D eigenvalue weighted by Gasteiger charge is -2.09. The van der Waals surface area contributed by atoms with Gasteiger partial charge in [0.2, 0.25) is 11.6 Å². The van der Waals surface area contributed by atoms with Crippen molar-refractivity contribution in [3.63, 3.8) is 0 Å². The maximum atomic E-state index is 13.1. The number of pyridine rings is 6. The van der Waals surface area contributed by atoms with E-state index in [0.29, 0.717) is 84.2 Å². The van der Waals surface area contributed by atoms with Crippen molar-refractivity contribution in [1.82, 2.24) is 50.5 Å². The van der Waals surface area contributed by atoms with Gasteiger partial charge in [-0.05, 0) is 255 Å². The number of halogens is 8. The number of ketones is 1. The van der Waals surface area contributed by atoms with Gasteiger partial charge < -0.3 is 29.7 Å². The molecule has 11 heterocycles. The normalized spacial score (nSPS) is 11.0. The van der Waals surface area contributed by atoms with Crippen LogP contribution in [0.4, 0.5) is 35.1 Å². The number of carbonyl (C=O) groups excluding carboxylic acids is 1. The van der Waals surface area contributed by atoms with E-state index in [0.717, 1.165) is 135 Å². The number of hydrogen-bond acceptors (Lipinski definition) is 18. The molecule has 0 aliphatic heterocycles. The van der Waals surface area contributed by atoms with Gasteiger partial charge in [-0.2, -0.15) is 31.6 Å². The number of H-pyrrole nitrogens is 1. The van der Waals surface area contributed by atoms with Crippen LogP contribution in [0, 0.1) is 20.4 Å². The van der Waals surface area contributed by atoms with Gasteiger partial charge in [0, 0.05) is 122 Å². The fourth-order valence-electron chi connectivity index (χ4n) is 12.0. The number of Topliss-reactive ketones (excluding diaryl/α,β-unsaturated/α-hetero) is 1. The third kappa shape index (κ3) is 28.0. The van der Waals surface area contributed by atoms with Crippen LogP contribution in [0.2, 0.25) is 0 Å². The quantitative estimate of drug-likeness (QED) is 0.0191. The number of rotatable bonds is 26. The number of aromatic nitrogens is 10. The van der Waals surface area contributed by atoms with E-state index in [4.69, 9.17) is 31.4 Å². The summed E-state index contributed by atoms with van der Waals surface area (Å²) in [4.78, 5) is 89.0. The Morgan fingerprint density at radius 3 is 1.17 bits per heavy atom. The molecule has 3 aromatic carbocycles. The number of benzene rings is 3. The lowest BCUT2D eigenvalue weighted by molar-refractivity contribution is -0.138. The molecule has 0 aliphatic rings. The van der Waals surface area contributed by atoms with Gasteiger partial charge >= 0.3 is 36.2 Å². The minimum absolute atomic E-state index is 0.0251. The van der Waals surface area contributed by atoms with Crippen LogP contribution in [-0.4, -0.2) is 107 Å². The third-order valence-corrected chi connectivity index (χ3v) is 21.6. The summed E-state index contributed by atoms with van der Waals surface area (Å²) >= 11 is 4.56. The number of fused-ring (bicyclic) bond motifs is 1. The highest BCUT2D eigenvalue weighted by molar-refractivity contribution is 7.12. The molecule has 0 radical (unpaired) electrons. The Bertz CT molecular complexity index is 5670. The molecule has 5 N–H and O–H groups in total. The number of carboxylic acids is 4. The fraction of sp³-hybridized carbons (Fsp3) is 0.216. The van der Waals surface area contributed by atoms with Crippen LogP contribution in [-0.2, 0) is 95.3 Å². The number of nitrogens with one attached hydrogen (secondary N) is 1. The highest BCUT2D eigenvalue weighted by Gasteiger charge is 2.31. The molecule has 120 heavy (non-hydrogen) atoms. The number of nitrogens with zero attached hydrogens (tertiary/aromatic N) is 10. The molecular weight excluding hydrogens is 1620 g/mol. The van der Waals surface area contributed by atoms with Gasteiger partial charge in [0.1, 0.15) is 5.58 Å². The van der Waals surface area contributed by atoms with E-state index in [9.17, 15) is 59.1 Å². The standard InChI is InChI=1S/C17H13F3N2O.C16H13NO3.C15H12F3N5.C14H13F2NO2S.2C13H13NO2S/c1-21-11-16(23)15-8-9-22-10-13(15)5-2-12-3-6-14(7-4-12)17(18,19)20;18-16(19)14-5-7-17-10-13(14)4-2-11-1-3-12-6-8-20-15(12)9-11;16-15(17,18)12-5-2-10(3-6-12)1-4-11-9-19-8-7-13(11)14-20-22-23-21-14;1-14(15,16)12-5-4-10(20-12)3-2-9-8-17-7-6-11(9)13(18)19;2*1-9-2-4-11(17-9)5-3-10-8-14-7-6-12(10)13(15)16/h3-4,6-10H,2,5,11H2;1,3,5-10H,2,4H2,(H,18,19);2-3,5-9H,1,4H2,(H,20,21,22,23);4-8H,2-3H2,1H3,(H,18,19);2*2,4,6-8H,3,5H2,1H3,(H,15,16). The summed E-state index contributed by atoms with van der Waals surface area (Å²) in [5.41, 5.74) is 9.25. The van der Waals surface area contributed by atoms with Gasteiger partial charge in [0.15, 0.2) is 0 Å². The molecule has 0 fully saturated rings. The summed E-state index contributed by atoms with van der Waals surface area (Å²) in [6, 6.07) is 39.0. The number of thiophene rings is 3. The Morgan fingerprint density at radius 2 is 0.792 bits per heavy atom. The summed E-state index contributed by atoms with van der Waals surface area (Å²) < 4.78 is 107. The number of alkyl halides is 8. The smallest absolute Gasteiger partial charge is 0.416 e. The number of carbonyl (C=O) groups is 5. The Kier molecular flexibility index (Phi) is 33.1. The highest BCUT2D eigenvalue weighted by atomic mass is 32.1. The lowest BCUT2D eigenvalue weighted by atomic mass is 9.99. The molecule has 618 valence electrons. The lowest BCUT2D eigenvalue weighted by Crippen LogP contribution is -2.08. The van der Waals surface area contributed by atoms with Crippen molar-refractivity contribution >= 4 is 74.6 Å². The maximum Gasteiger partial charge on any atom is 0.416 e. The average molecular weight is 1700 g/mol. The number of aromatic carboxylic acids is 4. The minimum Gasteiger partial charge on any atom is -0.478 e. The van der Waals surface area contributed by atoms with Crippen molar-refractivity contribution in [2.24, 2.45) is 0 Å². The highest BCUT2D eigenvalue weighted by Crippen LogP contribution is 2.35. The number of hydrogen-bond donors (Lipinski definition) is 5. The Labute approximate surface area is 695 Å². The summed E-state index contributed by atoms with van der Waals surface area (Å²) in [6.07, 6.45) is 19.5. The number of carboxylic acid groups (broad SMARTS) is 4. The van der Waals surface area contributed by atoms with Crippen molar-refractivity contribution in [2.45, 2.75) is 116 Å². The summed E-state index contributed by atoms with van der Waals surface area (Å²) in [5, 5.41) is 51.1. The van der Waals surface area contributed by atoms with Crippen LogP contribution in [0.25, 0.3) is 27.2 Å². The molecule has 0 spiro atoms. The predicted molar refractivity (Wildman–Crippen MR) is 438 cm³/mol. The first kappa shape index (κ1) is 90.7. The summed E-state index contributed by atoms with van der Waals surface area (Å²) in [6.45, 7) is 11.5. The van der Waals surface area contributed by atoms with E-state index in [1.165, 1.54) is 99.2 Å². The predicted octanol–water partition coefficient (Wildman–Crippen LogP) is 20.0. The Hall–Kier alpha value is -13.3. The zero-order valence-corrected chi connectivity index (χ0v) is 67.0. The van der Waals surface area contributed by atoms with E-state index in [1.54, 1.807) is 96.4 Å². The molecule has 0 saturated carbocycles. The van der Waals surface area contributed by atoms with Crippen LogP contribution in [0.5, 0.6) is 0 Å². The van der Waals surface area contributed by atoms with Gasteiger partial charge in [0.25, 0.3) is 12.5 Å². The van der Waals surface area contributed by atoms with Gasteiger partial charge in [-0.15, -0.1) is 44.2 Å². The van der Waals surface area contributed by atoms with Crippen molar-refractivity contribution in [3.8, 4) is 11.4 Å². The van der Waals surface area contributed by atoms with E-state index in [2.05, 4.69) is 93.5 Å². The van der Waals surface area contributed by atoms with E-state index < -0.39 is 53.3 Å². The third-order valence-electron chi connectivity index (χ3n) is 18.2. The Morgan fingerprint density at radius 1 is 0.425 bits per heavy atom. The van der Waals surface area contributed by atoms with Crippen LogP contribution in [0.15, 0.2) is 231 Å². The van der Waals surface area contributed by atoms with Crippen molar-refractivity contribution in [1.29, 1.82) is 0 Å². The fourth-order valence-corrected chi connectivity index (χ4v) is 14.7. The molecule has 14 aromatic rings. The maximum absolute atomic E-state index is 13.1. The topological polar surface area (TPSA) is 316 Å². The first-order valence-corrected chi connectivity index (χ1v) is 39.3. The molecule has 0 amide bonds. The van der Waals surface area contributed by atoms with Crippen molar-refractivity contribution in [2.75, 3.05) is 6.54 Å². The zero-order valence-electron chi connectivity index (χ0n) is 64.5. The first-order chi connectivity index (χ1) is 57.4. The average Bonchev–Trinajstić information content (AvgIpc) is 1.57. The molecule has 11 aromatic heterocycles. The van der Waals surface area contributed by atoms with Crippen molar-refractivity contribution < 1.29 is 83.9 Å². The molecule has 21 nitrogen and oxygen atoms in total. The molecule has 0 atom stereocenters. The molecular formula is C88H77F8N11O10S3. The van der Waals surface area contributed by atoms with E-state index >= 15 is 0 Å². The van der Waals surface area contributed by atoms with E-state index in [1.807, 2.05) is 24.3 Å². The molecule has 0 aliphatic carbocycles. The molecule has 0 unspecified atom stereocenters. The Balaban J connectivity index is 0.000000164. The van der Waals surface area contributed by atoms with Gasteiger partial charge in [-0.25, -0.2) is 34.5 Å². The second-order valence-electron chi connectivity index (χ2n) is 26.8. The summed E-state index contributed by atoms with van der Waals surface area (Å²) in [5.74, 6) is -6.32. The van der Waals surface area contributed by atoms with Gasteiger partial charge in [-0.1, -0.05) is 36.4 Å². The first-order valence-electron chi connectivity index (χ1n) is 36.9. The van der Waals surface area contributed by atoms with Crippen LogP contribution >= 0.6 is 34.0 Å². The SMILES string of the molecule is CC(F)(F)c1ccc(CCc2cnccc2C(=O)O)s1.Cc1ccc(CCc2cnccc2C(=O)O)s1.Cc1ccc(CCc2cnccc2C(=O)O)s1.FC(F)(F)c1ccc(CCc2cnccc2-c2nn[nH]n2)cc1.O=C(O)c1ccncc1CCc1ccc2ccoc2c1.[C-]#[N+]CC(=O)c1ccncc1CCc1ccc(C(F)(F)F)cc1. The van der Waals surface area contributed by atoms with Crippen LogP contribution in [0.3, 0.4) is 0 Å². The number of tetrazole rings is 1.